The van der Waals surface area contributed by atoms with E-state index in [1.807, 2.05) is 13.8 Å². The van der Waals surface area contributed by atoms with E-state index in [1.165, 1.54) is 5.57 Å². The first-order valence-electron chi connectivity index (χ1n) is 6.13. The Kier molecular flexibility index (Phi) is 4.96. The van der Waals surface area contributed by atoms with Crippen LogP contribution in [0.5, 0.6) is 0 Å². The van der Waals surface area contributed by atoms with Crippen molar-refractivity contribution in [2.75, 3.05) is 33.9 Å². The summed E-state index contributed by atoms with van der Waals surface area (Å²) < 4.78 is 10.8. The lowest BCUT2D eigenvalue weighted by molar-refractivity contribution is 0.0635. The van der Waals surface area contributed by atoms with Crippen LogP contribution in [-0.4, -0.2) is 50.5 Å². The summed E-state index contributed by atoms with van der Waals surface area (Å²) in [5.41, 5.74) is 1.52. The fraction of sp³-hybridized carbons (Fsp3) is 0.846. The molecule has 2 rings (SSSR count). The molecule has 2 saturated heterocycles. The lowest BCUT2D eigenvalue weighted by atomic mass is 9.93. The molecule has 0 bridgehead atoms. The maximum absolute atomic E-state index is 5.43. The number of hydrogen-bond donors (Lipinski definition) is 0. The summed E-state index contributed by atoms with van der Waals surface area (Å²) in [6.07, 6.45) is 2.52. The van der Waals surface area contributed by atoms with E-state index in [1.54, 1.807) is 14.2 Å². The fourth-order valence-corrected chi connectivity index (χ4v) is 2.89. The highest BCUT2D eigenvalue weighted by Crippen LogP contribution is 2.41. The number of methoxy groups -OCH3 is 2. The van der Waals surface area contributed by atoms with Gasteiger partial charge in [-0.15, -0.1) is 0 Å². The van der Waals surface area contributed by atoms with Crippen LogP contribution in [0.15, 0.2) is 12.2 Å². The first-order valence-corrected chi connectivity index (χ1v) is 6.13. The maximum Gasteiger partial charge on any atom is 0.0717 e. The third-order valence-corrected chi connectivity index (χ3v) is 3.44. The molecule has 2 fully saturated rings. The Morgan fingerprint density at radius 3 is 2.69 bits per heavy atom. The summed E-state index contributed by atoms with van der Waals surface area (Å²) in [5, 5.41) is 0. The predicted octanol–water partition coefficient (Wildman–Crippen LogP) is 2.08. The van der Waals surface area contributed by atoms with Gasteiger partial charge in [0.1, 0.15) is 0 Å². The van der Waals surface area contributed by atoms with Crippen molar-refractivity contribution in [3.63, 3.8) is 0 Å². The summed E-state index contributed by atoms with van der Waals surface area (Å²) in [7, 11) is 3.57. The second kappa shape index (κ2) is 5.80. The van der Waals surface area contributed by atoms with Gasteiger partial charge in [-0.1, -0.05) is 26.0 Å². The molecule has 3 heteroatoms. The highest BCUT2D eigenvalue weighted by atomic mass is 16.5. The molecular weight excluding hydrogens is 202 g/mol. The van der Waals surface area contributed by atoms with Crippen molar-refractivity contribution < 1.29 is 9.47 Å². The van der Waals surface area contributed by atoms with Crippen molar-refractivity contribution in [1.29, 1.82) is 0 Å². The average molecular weight is 227 g/mol. The van der Waals surface area contributed by atoms with Gasteiger partial charge in [-0.25, -0.2) is 0 Å². The van der Waals surface area contributed by atoms with Crippen molar-refractivity contribution >= 4 is 0 Å². The van der Waals surface area contributed by atoms with Gasteiger partial charge in [0.25, 0.3) is 0 Å². The molecule has 0 aromatic carbocycles. The first kappa shape index (κ1) is 13.7. The van der Waals surface area contributed by atoms with Crippen LogP contribution in [-0.2, 0) is 9.47 Å². The third-order valence-electron chi connectivity index (χ3n) is 3.44. The standard InChI is InChI=1S/C11H19NO2.C2H6/c1-9-4-11(8-13-2)5-10(14-3)7-12(11)6-9;1-2/h10H,1,4-8H2,2-3H3;1-2H3/t10-,11-;/m1./s1. The Bertz CT molecular complexity index is 242. The van der Waals surface area contributed by atoms with Crippen LogP contribution in [0.2, 0.25) is 0 Å². The van der Waals surface area contributed by atoms with E-state index < -0.39 is 0 Å². The predicted molar refractivity (Wildman–Crippen MR) is 66.7 cm³/mol. The van der Waals surface area contributed by atoms with Gasteiger partial charge in [0.05, 0.1) is 18.2 Å². The highest BCUT2D eigenvalue weighted by Gasteiger charge is 2.49. The number of fused-ring (bicyclic) bond motifs is 1. The molecule has 0 spiro atoms. The van der Waals surface area contributed by atoms with Gasteiger partial charge in [-0.05, 0) is 12.8 Å². The van der Waals surface area contributed by atoms with E-state index in [4.69, 9.17) is 9.47 Å². The van der Waals surface area contributed by atoms with E-state index in [0.29, 0.717) is 6.10 Å². The van der Waals surface area contributed by atoms with Gasteiger partial charge in [0.2, 0.25) is 0 Å². The molecule has 0 saturated carbocycles. The van der Waals surface area contributed by atoms with Crippen LogP contribution < -0.4 is 0 Å². The van der Waals surface area contributed by atoms with Crippen LogP contribution in [0.1, 0.15) is 26.7 Å². The molecule has 94 valence electrons. The number of nitrogens with zero attached hydrogens (tertiary/aromatic N) is 1. The monoisotopic (exact) mass is 227 g/mol. The molecule has 2 atom stereocenters. The molecule has 0 aliphatic carbocycles. The summed E-state index contributed by atoms with van der Waals surface area (Å²) in [6, 6.07) is 0. The molecule has 2 heterocycles. The molecule has 2 aliphatic heterocycles. The minimum absolute atomic E-state index is 0.187. The molecule has 0 aromatic rings. The normalized spacial score (nSPS) is 33.5. The molecule has 0 amide bonds. The molecule has 0 N–H and O–H groups in total. The van der Waals surface area contributed by atoms with Crippen LogP contribution in [0, 0.1) is 0 Å². The highest BCUT2D eigenvalue weighted by molar-refractivity contribution is 5.19. The maximum atomic E-state index is 5.43. The summed E-state index contributed by atoms with van der Waals surface area (Å²) in [5.74, 6) is 0. The number of ether oxygens (including phenoxy) is 2. The van der Waals surface area contributed by atoms with Crippen molar-refractivity contribution in [2.45, 2.75) is 38.3 Å². The Labute approximate surface area is 99.4 Å². The lowest BCUT2D eigenvalue weighted by Gasteiger charge is -2.30. The molecule has 3 nitrogen and oxygen atoms in total. The van der Waals surface area contributed by atoms with Crippen molar-refractivity contribution in [3.05, 3.63) is 12.2 Å². The van der Waals surface area contributed by atoms with Crippen LogP contribution >= 0.6 is 0 Å². The van der Waals surface area contributed by atoms with Crippen molar-refractivity contribution in [1.82, 2.24) is 4.90 Å². The minimum atomic E-state index is 0.187. The quantitative estimate of drug-likeness (QED) is 0.689. The van der Waals surface area contributed by atoms with E-state index >= 15 is 0 Å². The van der Waals surface area contributed by atoms with Gasteiger partial charge in [-0.2, -0.15) is 0 Å². The van der Waals surface area contributed by atoms with E-state index in [9.17, 15) is 0 Å². The summed E-state index contributed by atoms with van der Waals surface area (Å²) in [4.78, 5) is 2.47. The van der Waals surface area contributed by atoms with Crippen LogP contribution in [0.25, 0.3) is 0 Å². The molecule has 0 unspecified atom stereocenters. The second-order valence-corrected chi connectivity index (χ2v) is 4.53. The molecule has 0 radical (unpaired) electrons. The SMILES string of the molecule is C=C1CN2C[C@H](OC)C[C@@]2(COC)C1.CC. The van der Waals surface area contributed by atoms with Gasteiger partial charge in [0.15, 0.2) is 0 Å². The first-order chi connectivity index (χ1) is 7.70. The van der Waals surface area contributed by atoms with Crippen LogP contribution in [0.4, 0.5) is 0 Å². The van der Waals surface area contributed by atoms with Gasteiger partial charge >= 0.3 is 0 Å². The van der Waals surface area contributed by atoms with Gasteiger partial charge < -0.3 is 9.47 Å². The average Bonchev–Trinajstić information content (AvgIpc) is 2.73. The van der Waals surface area contributed by atoms with Gasteiger partial charge in [0, 0.05) is 27.3 Å². The minimum Gasteiger partial charge on any atom is -0.383 e. The van der Waals surface area contributed by atoms with Crippen LogP contribution in [0.3, 0.4) is 0 Å². The summed E-state index contributed by atoms with van der Waals surface area (Å²) in [6.45, 7) is 10.9. The van der Waals surface area contributed by atoms with Gasteiger partial charge in [-0.3, -0.25) is 4.90 Å². The Balaban J connectivity index is 0.000000606. The molecule has 16 heavy (non-hydrogen) atoms. The lowest BCUT2D eigenvalue weighted by Crippen LogP contribution is -2.42. The zero-order chi connectivity index (χ0) is 12.2. The fourth-order valence-electron chi connectivity index (χ4n) is 2.89. The van der Waals surface area contributed by atoms with Crippen molar-refractivity contribution in [2.24, 2.45) is 0 Å². The van der Waals surface area contributed by atoms with Crippen molar-refractivity contribution in [3.8, 4) is 0 Å². The number of hydrogen-bond acceptors (Lipinski definition) is 3. The molecule has 0 aromatic heterocycles. The van der Waals surface area contributed by atoms with E-state index in [0.717, 1.165) is 32.5 Å². The largest absolute Gasteiger partial charge is 0.383 e. The van der Waals surface area contributed by atoms with E-state index in [-0.39, 0.29) is 5.54 Å². The zero-order valence-electron chi connectivity index (χ0n) is 11.1. The zero-order valence-corrected chi connectivity index (χ0v) is 11.1. The Morgan fingerprint density at radius 2 is 2.12 bits per heavy atom. The Morgan fingerprint density at radius 1 is 1.44 bits per heavy atom. The second-order valence-electron chi connectivity index (χ2n) is 4.53. The van der Waals surface area contributed by atoms with E-state index in [2.05, 4.69) is 11.5 Å². The topological polar surface area (TPSA) is 21.7 Å². The molecular formula is C13H25NO2. The third kappa shape index (κ3) is 2.47. The summed E-state index contributed by atoms with van der Waals surface area (Å²) >= 11 is 0. The number of rotatable bonds is 3. The molecule has 2 aliphatic rings. The Hall–Kier alpha value is -0.380. The smallest absolute Gasteiger partial charge is 0.0717 e.